The van der Waals surface area contributed by atoms with Crippen LogP contribution in [0.2, 0.25) is 0 Å². The van der Waals surface area contributed by atoms with Gasteiger partial charge >= 0.3 is 0 Å². The molecule has 1 saturated heterocycles. The number of hydrogen-bond acceptors (Lipinski definition) is 5. The summed E-state index contributed by atoms with van der Waals surface area (Å²) < 4.78 is 0. The predicted molar refractivity (Wildman–Crippen MR) is 47.9 cm³/mol. The summed E-state index contributed by atoms with van der Waals surface area (Å²) in [4.78, 5) is 22.4. The minimum atomic E-state index is -0.648. The standard InChI is InChI=1S/C4H8BrN5O4/c5-1-6-2-7(9(11)12)4-8(3-6)10(13)14/h1-4H2. The molecule has 0 aromatic heterocycles. The van der Waals surface area contributed by atoms with E-state index in [1.54, 1.807) is 0 Å². The average Bonchev–Trinajstić information content (AvgIpc) is 2.16. The fourth-order valence-corrected chi connectivity index (χ4v) is 1.38. The predicted octanol–water partition coefficient (Wildman–Crippen LogP) is -0.486. The second-order valence-corrected chi connectivity index (χ2v) is 3.20. The first-order valence-electron chi connectivity index (χ1n) is 3.61. The van der Waals surface area contributed by atoms with Crippen molar-refractivity contribution in [3.8, 4) is 0 Å². The number of alkyl halides is 1. The zero-order valence-corrected chi connectivity index (χ0v) is 8.66. The van der Waals surface area contributed by atoms with Gasteiger partial charge in [0.05, 0.1) is 5.45 Å². The zero-order chi connectivity index (χ0) is 10.7. The van der Waals surface area contributed by atoms with E-state index in [0.29, 0.717) is 5.45 Å². The highest BCUT2D eigenvalue weighted by Gasteiger charge is 2.33. The first-order chi connectivity index (χ1) is 6.54. The monoisotopic (exact) mass is 269 g/mol. The summed E-state index contributed by atoms with van der Waals surface area (Å²) in [5.74, 6) is 0. The van der Waals surface area contributed by atoms with Gasteiger partial charge in [-0.05, 0) is 0 Å². The largest absolute Gasteiger partial charge is 0.248 e. The number of hydrazine groups is 2. The van der Waals surface area contributed by atoms with Gasteiger partial charge in [0.1, 0.15) is 13.3 Å². The Kier molecular flexibility index (Phi) is 3.41. The second-order valence-electron chi connectivity index (χ2n) is 2.70. The number of halogens is 1. The van der Waals surface area contributed by atoms with Crippen LogP contribution < -0.4 is 0 Å². The van der Waals surface area contributed by atoms with E-state index >= 15 is 0 Å². The van der Waals surface area contributed by atoms with Crippen molar-refractivity contribution in [2.45, 2.75) is 0 Å². The molecule has 10 heteroatoms. The van der Waals surface area contributed by atoms with E-state index < -0.39 is 10.1 Å². The quantitative estimate of drug-likeness (QED) is 0.295. The van der Waals surface area contributed by atoms with Gasteiger partial charge in [-0.1, -0.05) is 25.9 Å². The van der Waals surface area contributed by atoms with Gasteiger partial charge in [-0.2, -0.15) is 0 Å². The van der Waals surface area contributed by atoms with Crippen LogP contribution in [0.25, 0.3) is 0 Å². The Bertz CT molecular complexity index is 228. The van der Waals surface area contributed by atoms with Crippen LogP contribution in [0.15, 0.2) is 0 Å². The minimum Gasteiger partial charge on any atom is -0.248 e. The summed E-state index contributed by atoms with van der Waals surface area (Å²) in [6.45, 7) is -0.158. The zero-order valence-electron chi connectivity index (χ0n) is 7.08. The lowest BCUT2D eigenvalue weighted by molar-refractivity contribution is -0.727. The lowest BCUT2D eigenvalue weighted by Gasteiger charge is -2.31. The van der Waals surface area contributed by atoms with Crippen LogP contribution in [0.5, 0.6) is 0 Å². The Labute approximate surface area is 87.2 Å². The third-order valence-corrected chi connectivity index (χ3v) is 2.39. The maximum Gasteiger partial charge on any atom is 0.210 e. The number of hydrogen-bond donors (Lipinski definition) is 0. The molecule has 1 rings (SSSR count). The highest BCUT2D eigenvalue weighted by molar-refractivity contribution is 9.09. The van der Waals surface area contributed by atoms with Crippen LogP contribution in [-0.2, 0) is 0 Å². The van der Waals surface area contributed by atoms with E-state index in [4.69, 9.17) is 0 Å². The van der Waals surface area contributed by atoms with Crippen molar-refractivity contribution in [2.24, 2.45) is 0 Å². The Morgan fingerprint density at radius 3 is 1.79 bits per heavy atom. The van der Waals surface area contributed by atoms with Crippen molar-refractivity contribution in [3.05, 3.63) is 20.2 Å². The first kappa shape index (κ1) is 10.9. The lowest BCUT2D eigenvalue weighted by Crippen LogP contribution is -2.57. The summed E-state index contributed by atoms with van der Waals surface area (Å²) in [5.41, 5.74) is 0.349. The van der Waals surface area contributed by atoms with Crippen LogP contribution in [0, 0.1) is 20.2 Å². The molecule has 1 heterocycles. The molecule has 0 amide bonds. The topological polar surface area (TPSA) is 96.0 Å². The maximum absolute atomic E-state index is 10.4. The molecule has 1 fully saturated rings. The van der Waals surface area contributed by atoms with Gasteiger partial charge in [-0.25, -0.2) is 25.1 Å². The summed E-state index contributed by atoms with van der Waals surface area (Å²) in [6, 6.07) is 0. The molecule has 0 unspecified atom stereocenters. The number of nitro groups is 2. The summed E-state index contributed by atoms with van der Waals surface area (Å²) in [7, 11) is 0. The van der Waals surface area contributed by atoms with E-state index in [-0.39, 0.29) is 20.0 Å². The third-order valence-electron chi connectivity index (χ3n) is 1.68. The lowest BCUT2D eigenvalue weighted by atomic mass is 10.6. The second kappa shape index (κ2) is 4.37. The SMILES string of the molecule is O=[N+]([O-])N1CN(CBr)CN([N+](=O)[O-])C1. The molecule has 1 aliphatic heterocycles. The molecule has 0 aliphatic carbocycles. The van der Waals surface area contributed by atoms with Gasteiger partial charge in [0.2, 0.25) is 6.67 Å². The van der Waals surface area contributed by atoms with Gasteiger partial charge in [-0.15, -0.1) is 0 Å². The molecule has 9 nitrogen and oxygen atoms in total. The molecule has 14 heavy (non-hydrogen) atoms. The molecule has 0 aromatic rings. The Morgan fingerprint density at radius 2 is 1.50 bits per heavy atom. The van der Waals surface area contributed by atoms with Gasteiger partial charge in [0.25, 0.3) is 0 Å². The van der Waals surface area contributed by atoms with Gasteiger partial charge in [0, 0.05) is 0 Å². The fraction of sp³-hybridized carbons (Fsp3) is 1.00. The summed E-state index contributed by atoms with van der Waals surface area (Å²) in [5, 5.41) is 21.1. The summed E-state index contributed by atoms with van der Waals surface area (Å²) >= 11 is 3.09. The smallest absolute Gasteiger partial charge is 0.210 e. The Balaban J connectivity index is 2.66. The Morgan fingerprint density at radius 1 is 1.07 bits per heavy atom. The first-order valence-corrected chi connectivity index (χ1v) is 4.73. The molecular formula is C4H8BrN5O4. The van der Waals surface area contributed by atoms with Crippen molar-refractivity contribution < 1.29 is 10.1 Å². The van der Waals surface area contributed by atoms with Crippen LogP contribution >= 0.6 is 15.9 Å². The number of rotatable bonds is 3. The fourth-order valence-electron chi connectivity index (χ4n) is 1.07. The molecule has 1 aliphatic rings. The van der Waals surface area contributed by atoms with Crippen LogP contribution in [0.1, 0.15) is 0 Å². The van der Waals surface area contributed by atoms with Crippen molar-refractivity contribution in [2.75, 3.05) is 25.5 Å². The molecule has 0 N–H and O–H groups in total. The Hall–Kier alpha value is -1.16. The molecule has 0 atom stereocenters. The maximum atomic E-state index is 10.4. The molecular weight excluding hydrogens is 262 g/mol. The summed E-state index contributed by atoms with van der Waals surface area (Å²) in [6.07, 6.45) is 0. The van der Waals surface area contributed by atoms with Crippen molar-refractivity contribution >= 4 is 15.9 Å². The van der Waals surface area contributed by atoms with E-state index in [0.717, 1.165) is 10.0 Å². The molecule has 0 radical (unpaired) electrons. The molecule has 0 spiro atoms. The van der Waals surface area contributed by atoms with Gasteiger partial charge < -0.3 is 0 Å². The van der Waals surface area contributed by atoms with Crippen molar-refractivity contribution in [1.82, 2.24) is 14.9 Å². The van der Waals surface area contributed by atoms with Crippen LogP contribution in [0.4, 0.5) is 0 Å². The average molecular weight is 270 g/mol. The molecule has 0 aromatic carbocycles. The molecule has 0 bridgehead atoms. The third kappa shape index (κ3) is 2.42. The normalized spacial score (nSPS) is 18.4. The van der Waals surface area contributed by atoms with Crippen molar-refractivity contribution in [1.29, 1.82) is 0 Å². The number of nitrogens with zero attached hydrogens (tertiary/aromatic N) is 5. The van der Waals surface area contributed by atoms with Crippen LogP contribution in [0.3, 0.4) is 0 Å². The highest BCUT2D eigenvalue weighted by Crippen LogP contribution is 2.08. The van der Waals surface area contributed by atoms with E-state index in [9.17, 15) is 20.2 Å². The van der Waals surface area contributed by atoms with E-state index in [1.165, 1.54) is 4.90 Å². The van der Waals surface area contributed by atoms with E-state index in [1.807, 2.05) is 0 Å². The van der Waals surface area contributed by atoms with Crippen molar-refractivity contribution in [3.63, 3.8) is 0 Å². The molecule has 80 valence electrons. The van der Waals surface area contributed by atoms with E-state index in [2.05, 4.69) is 15.9 Å². The minimum absolute atomic E-state index is 0.0720. The van der Waals surface area contributed by atoms with Crippen LogP contribution in [-0.4, -0.2) is 50.4 Å². The highest BCUT2D eigenvalue weighted by atomic mass is 79.9. The van der Waals surface area contributed by atoms with Gasteiger partial charge in [-0.3, -0.25) is 0 Å². The van der Waals surface area contributed by atoms with Gasteiger partial charge in [0.15, 0.2) is 10.1 Å². The molecule has 0 saturated carbocycles.